The van der Waals surface area contributed by atoms with E-state index >= 15 is 0 Å². The number of hydrogen-bond acceptors (Lipinski definition) is 5. The number of Topliss-reactive ketones (excluding diaryl/α,β-unsaturated/α-hetero) is 2. The van der Waals surface area contributed by atoms with Gasteiger partial charge in [0, 0.05) is 23.4 Å². The summed E-state index contributed by atoms with van der Waals surface area (Å²) in [4.78, 5) is 43.2. The fraction of sp³-hybridized carbons (Fsp3) is 0.480. The Hall–Kier alpha value is -2.51. The number of quaternary nitrogens is 1. The molecular weight excluding hydrogens is 424 g/mol. The van der Waals surface area contributed by atoms with Crippen molar-refractivity contribution in [3.05, 3.63) is 51.7 Å². The Bertz CT molecular complexity index is 968. The Labute approximate surface area is 194 Å². The van der Waals surface area contributed by atoms with Gasteiger partial charge in [0.25, 0.3) is 5.91 Å². The predicted octanol–water partition coefficient (Wildman–Crippen LogP) is 2.58. The van der Waals surface area contributed by atoms with Crippen molar-refractivity contribution in [3.63, 3.8) is 0 Å². The number of benzene rings is 1. The molecule has 2 atom stereocenters. The van der Waals surface area contributed by atoms with Crippen LogP contribution in [0.3, 0.4) is 0 Å². The van der Waals surface area contributed by atoms with Crippen molar-refractivity contribution >= 4 is 28.8 Å². The SMILES string of the molecule is Cc1cc(C(=O)C2C(=O)C(=O)N(CCC[NH+](C)C)C2c2cccs2)ccc1OCC(C)C. The van der Waals surface area contributed by atoms with Crippen LogP contribution >= 0.6 is 11.3 Å². The van der Waals surface area contributed by atoms with Gasteiger partial charge in [0.15, 0.2) is 5.78 Å². The summed E-state index contributed by atoms with van der Waals surface area (Å²) in [5, 5.41) is 1.91. The van der Waals surface area contributed by atoms with Crippen molar-refractivity contribution in [2.45, 2.75) is 33.2 Å². The number of ketones is 2. The number of rotatable bonds is 10. The van der Waals surface area contributed by atoms with Gasteiger partial charge in [0.1, 0.15) is 11.7 Å². The molecule has 1 aliphatic rings. The number of nitrogens with zero attached hydrogens (tertiary/aromatic N) is 1. The topological polar surface area (TPSA) is 68.1 Å². The van der Waals surface area contributed by atoms with Crippen LogP contribution in [0.2, 0.25) is 0 Å². The van der Waals surface area contributed by atoms with Crippen molar-refractivity contribution in [3.8, 4) is 5.75 Å². The van der Waals surface area contributed by atoms with E-state index in [1.54, 1.807) is 23.1 Å². The van der Waals surface area contributed by atoms with E-state index in [4.69, 9.17) is 4.74 Å². The molecule has 1 aromatic carbocycles. The quantitative estimate of drug-likeness (QED) is 0.338. The molecule has 1 saturated heterocycles. The summed E-state index contributed by atoms with van der Waals surface area (Å²) < 4.78 is 5.82. The number of thiophene rings is 1. The lowest BCUT2D eigenvalue weighted by atomic mass is 9.88. The Morgan fingerprint density at radius 1 is 1.22 bits per heavy atom. The lowest BCUT2D eigenvalue weighted by Crippen LogP contribution is -3.05. The standard InChI is InChI=1S/C25H32N2O4S/c1-16(2)15-31-19-10-9-18(14-17(19)3)23(28)21-22(20-8-6-13-32-20)27(25(30)24(21)29)12-7-11-26(4)5/h6,8-10,13-14,16,21-22H,7,11-12,15H2,1-5H3/p+1. The van der Waals surface area contributed by atoms with E-state index < -0.39 is 23.7 Å². The molecule has 1 aliphatic heterocycles. The average Bonchev–Trinajstić information content (AvgIpc) is 3.34. The Morgan fingerprint density at radius 3 is 2.56 bits per heavy atom. The maximum Gasteiger partial charge on any atom is 0.291 e. The number of ether oxygens (including phenoxy) is 1. The number of aryl methyl sites for hydroxylation is 1. The van der Waals surface area contributed by atoms with Gasteiger partial charge in [0.2, 0.25) is 5.78 Å². The van der Waals surface area contributed by atoms with E-state index in [1.165, 1.54) is 16.2 Å². The van der Waals surface area contributed by atoms with Crippen molar-refractivity contribution in [1.29, 1.82) is 0 Å². The fourth-order valence-electron chi connectivity index (χ4n) is 4.01. The molecule has 2 heterocycles. The molecule has 3 rings (SSSR count). The number of amides is 1. The van der Waals surface area contributed by atoms with E-state index in [1.807, 2.05) is 24.4 Å². The van der Waals surface area contributed by atoms with Crippen molar-refractivity contribution in [2.75, 3.05) is 33.8 Å². The van der Waals surface area contributed by atoms with Crippen molar-refractivity contribution in [1.82, 2.24) is 4.90 Å². The first-order valence-corrected chi connectivity index (χ1v) is 12.0. The molecule has 7 heteroatoms. The number of carbonyl (C=O) groups is 3. The van der Waals surface area contributed by atoms with Crippen molar-refractivity contribution in [2.24, 2.45) is 11.8 Å². The van der Waals surface area contributed by atoms with Gasteiger partial charge < -0.3 is 14.5 Å². The van der Waals surface area contributed by atoms with Crippen LogP contribution in [-0.4, -0.2) is 56.2 Å². The van der Waals surface area contributed by atoms with E-state index in [0.29, 0.717) is 24.6 Å². The minimum absolute atomic E-state index is 0.305. The van der Waals surface area contributed by atoms with Gasteiger partial charge in [0.05, 0.1) is 33.3 Å². The number of likely N-dealkylation sites (tertiary alicyclic amines) is 1. The zero-order valence-corrected chi connectivity index (χ0v) is 20.3. The molecule has 0 saturated carbocycles. The Kier molecular flexibility index (Phi) is 7.85. The number of hydrogen-bond donors (Lipinski definition) is 1. The first kappa shape index (κ1) is 24.1. The molecule has 1 fully saturated rings. The van der Waals surface area contributed by atoms with Gasteiger partial charge >= 0.3 is 0 Å². The third kappa shape index (κ3) is 5.27. The lowest BCUT2D eigenvalue weighted by Gasteiger charge is -2.26. The highest BCUT2D eigenvalue weighted by atomic mass is 32.1. The predicted molar refractivity (Wildman–Crippen MR) is 125 cm³/mol. The zero-order valence-electron chi connectivity index (χ0n) is 19.5. The Morgan fingerprint density at radius 2 is 1.97 bits per heavy atom. The molecule has 2 aromatic rings. The highest BCUT2D eigenvalue weighted by molar-refractivity contribution is 7.10. The summed E-state index contributed by atoms with van der Waals surface area (Å²) in [7, 11) is 4.10. The first-order chi connectivity index (χ1) is 15.2. The summed E-state index contributed by atoms with van der Waals surface area (Å²) >= 11 is 1.48. The minimum atomic E-state index is -1.02. The van der Waals surface area contributed by atoms with Crippen LogP contribution in [-0.2, 0) is 9.59 Å². The van der Waals surface area contributed by atoms with Crippen LogP contribution in [0.4, 0.5) is 0 Å². The van der Waals surface area contributed by atoms with E-state index in [9.17, 15) is 14.4 Å². The molecule has 0 radical (unpaired) electrons. The third-order valence-electron chi connectivity index (χ3n) is 5.63. The summed E-state index contributed by atoms with van der Waals surface area (Å²) in [6.07, 6.45) is 0.769. The van der Waals surface area contributed by atoms with Crippen molar-refractivity contribution < 1.29 is 24.0 Å². The molecule has 0 bridgehead atoms. The second-order valence-corrected chi connectivity index (χ2v) is 10.1. The number of carbonyl (C=O) groups excluding carboxylic acids is 3. The molecule has 6 nitrogen and oxygen atoms in total. The van der Waals surface area contributed by atoms with Gasteiger partial charge in [-0.1, -0.05) is 19.9 Å². The third-order valence-corrected chi connectivity index (χ3v) is 6.57. The smallest absolute Gasteiger partial charge is 0.291 e. The largest absolute Gasteiger partial charge is 0.493 e. The lowest BCUT2D eigenvalue weighted by molar-refractivity contribution is -0.858. The minimum Gasteiger partial charge on any atom is -0.493 e. The summed E-state index contributed by atoms with van der Waals surface area (Å²) in [6, 6.07) is 8.49. The Balaban J connectivity index is 1.88. The molecule has 0 aliphatic carbocycles. The molecule has 172 valence electrons. The van der Waals surface area contributed by atoms with Crippen LogP contribution in [0.25, 0.3) is 0 Å². The highest BCUT2D eigenvalue weighted by Gasteiger charge is 2.51. The second kappa shape index (κ2) is 10.4. The molecule has 0 spiro atoms. The number of nitrogens with one attached hydrogen (secondary N) is 1. The van der Waals surface area contributed by atoms with E-state index in [-0.39, 0.29) is 5.78 Å². The van der Waals surface area contributed by atoms with Gasteiger partial charge in [-0.25, -0.2) is 0 Å². The van der Waals surface area contributed by atoms with Gasteiger partial charge in [-0.15, -0.1) is 11.3 Å². The summed E-state index contributed by atoms with van der Waals surface area (Å²) in [5.41, 5.74) is 1.28. The highest BCUT2D eigenvalue weighted by Crippen LogP contribution is 2.40. The maximum atomic E-state index is 13.5. The van der Waals surface area contributed by atoms with E-state index in [2.05, 4.69) is 27.9 Å². The average molecular weight is 458 g/mol. The molecule has 1 amide bonds. The summed E-state index contributed by atoms with van der Waals surface area (Å²) in [5.74, 6) is -1.36. The summed E-state index contributed by atoms with van der Waals surface area (Å²) in [6.45, 7) is 7.97. The van der Waals surface area contributed by atoms with E-state index in [0.717, 1.165) is 29.2 Å². The molecule has 32 heavy (non-hydrogen) atoms. The van der Waals surface area contributed by atoms with Crippen LogP contribution in [0.5, 0.6) is 5.75 Å². The van der Waals surface area contributed by atoms with Crippen LogP contribution in [0.15, 0.2) is 35.7 Å². The second-order valence-electron chi connectivity index (χ2n) is 9.16. The molecule has 1 aromatic heterocycles. The molecular formula is C25H33N2O4S+. The zero-order chi connectivity index (χ0) is 23.4. The normalized spacial score (nSPS) is 18.8. The first-order valence-electron chi connectivity index (χ1n) is 11.2. The van der Waals surface area contributed by atoms with Gasteiger partial charge in [-0.3, -0.25) is 14.4 Å². The fourth-order valence-corrected chi connectivity index (χ4v) is 4.88. The maximum absolute atomic E-state index is 13.5. The van der Waals surface area contributed by atoms with Gasteiger partial charge in [-0.2, -0.15) is 0 Å². The monoisotopic (exact) mass is 457 g/mol. The van der Waals surface area contributed by atoms with Crippen LogP contribution in [0, 0.1) is 18.8 Å². The van der Waals surface area contributed by atoms with Crippen LogP contribution < -0.4 is 9.64 Å². The van der Waals surface area contributed by atoms with Gasteiger partial charge in [-0.05, 0) is 48.1 Å². The molecule has 1 N–H and O–H groups in total. The molecule has 2 unspecified atom stereocenters. The van der Waals surface area contributed by atoms with Crippen LogP contribution in [0.1, 0.15) is 47.1 Å².